The minimum absolute atomic E-state index is 0.00639. The van der Waals surface area contributed by atoms with Gasteiger partial charge in [0.1, 0.15) is 12.9 Å². The number of hydrogen-bond acceptors (Lipinski definition) is 4. The number of likely N-dealkylation sites (N-methyl/N-ethyl adjacent to an activating group) is 1. The molecule has 0 aliphatic rings. The molecule has 1 rings (SSSR count). The highest BCUT2D eigenvalue weighted by molar-refractivity contribution is 6.45. The topological polar surface area (TPSA) is 70.9 Å². The number of hydrogen-bond donors (Lipinski definition) is 2. The SMILES string of the molecule is CNC(=O)C(=NOC)c1cccc(F)c1CO. The Balaban J connectivity index is 3.33. The molecule has 92 valence electrons. The van der Waals surface area contributed by atoms with Crippen LogP contribution in [0.4, 0.5) is 4.39 Å². The van der Waals surface area contributed by atoms with Crippen LogP contribution in [0, 0.1) is 5.82 Å². The van der Waals surface area contributed by atoms with Gasteiger partial charge in [0.2, 0.25) is 0 Å². The number of nitrogens with zero attached hydrogens (tertiary/aromatic N) is 1. The molecule has 0 radical (unpaired) electrons. The molecule has 6 heteroatoms. The van der Waals surface area contributed by atoms with Gasteiger partial charge in [-0.1, -0.05) is 17.3 Å². The predicted molar refractivity (Wildman–Crippen MR) is 59.9 cm³/mol. The Morgan fingerprint density at radius 2 is 2.29 bits per heavy atom. The number of nitrogens with one attached hydrogen (secondary N) is 1. The maximum absolute atomic E-state index is 13.4. The minimum atomic E-state index is -0.599. The molecule has 0 heterocycles. The van der Waals surface area contributed by atoms with Crippen molar-refractivity contribution in [2.75, 3.05) is 14.2 Å². The van der Waals surface area contributed by atoms with Crippen LogP contribution in [-0.4, -0.2) is 30.9 Å². The van der Waals surface area contributed by atoms with E-state index in [1.165, 1.54) is 32.4 Å². The lowest BCUT2D eigenvalue weighted by Gasteiger charge is -2.09. The fourth-order valence-electron chi connectivity index (χ4n) is 1.36. The standard InChI is InChI=1S/C11H13FN2O3/c1-13-11(16)10(14-17-2)7-4-3-5-9(12)8(7)6-15/h3-5,15H,6H2,1-2H3,(H,13,16). The summed E-state index contributed by atoms with van der Waals surface area (Å²) in [5.41, 5.74) is 0.124. The number of aliphatic hydroxyl groups is 1. The second kappa shape index (κ2) is 5.95. The lowest BCUT2D eigenvalue weighted by molar-refractivity contribution is -0.114. The normalized spacial score (nSPS) is 11.2. The fourth-order valence-corrected chi connectivity index (χ4v) is 1.36. The van der Waals surface area contributed by atoms with Crippen LogP contribution in [-0.2, 0) is 16.2 Å². The summed E-state index contributed by atoms with van der Waals surface area (Å²) >= 11 is 0. The third kappa shape index (κ3) is 2.79. The summed E-state index contributed by atoms with van der Waals surface area (Å²) < 4.78 is 13.4. The second-order valence-corrected chi connectivity index (χ2v) is 3.13. The molecule has 0 saturated heterocycles. The van der Waals surface area contributed by atoms with E-state index in [1.54, 1.807) is 0 Å². The van der Waals surface area contributed by atoms with Gasteiger partial charge in [-0.2, -0.15) is 0 Å². The van der Waals surface area contributed by atoms with Gasteiger partial charge in [0.25, 0.3) is 5.91 Å². The first-order valence-electron chi connectivity index (χ1n) is 4.87. The van der Waals surface area contributed by atoms with E-state index in [0.717, 1.165) is 0 Å². The average molecular weight is 240 g/mol. The van der Waals surface area contributed by atoms with E-state index in [4.69, 9.17) is 5.11 Å². The number of aliphatic hydroxyl groups excluding tert-OH is 1. The molecule has 2 N–H and O–H groups in total. The number of benzene rings is 1. The van der Waals surface area contributed by atoms with Gasteiger partial charge < -0.3 is 15.3 Å². The third-order valence-electron chi connectivity index (χ3n) is 2.16. The monoisotopic (exact) mass is 240 g/mol. The number of carbonyl (C=O) groups is 1. The van der Waals surface area contributed by atoms with E-state index >= 15 is 0 Å². The first-order valence-corrected chi connectivity index (χ1v) is 4.87. The molecule has 0 spiro atoms. The Bertz CT molecular complexity index is 446. The van der Waals surface area contributed by atoms with Gasteiger partial charge in [-0.25, -0.2) is 4.39 Å². The summed E-state index contributed by atoms with van der Waals surface area (Å²) in [5, 5.41) is 15.0. The van der Waals surface area contributed by atoms with Crippen molar-refractivity contribution >= 4 is 11.6 Å². The van der Waals surface area contributed by atoms with Gasteiger partial charge in [0, 0.05) is 18.2 Å². The van der Waals surface area contributed by atoms with Gasteiger partial charge >= 0.3 is 0 Å². The Morgan fingerprint density at radius 1 is 1.59 bits per heavy atom. The summed E-state index contributed by atoms with van der Waals surface area (Å²) in [6.45, 7) is -0.526. The Kier molecular flexibility index (Phi) is 4.59. The smallest absolute Gasteiger partial charge is 0.273 e. The predicted octanol–water partition coefficient (Wildman–Crippen LogP) is 0.414. The zero-order chi connectivity index (χ0) is 12.8. The van der Waals surface area contributed by atoms with Gasteiger partial charge in [0.05, 0.1) is 6.61 Å². The van der Waals surface area contributed by atoms with Gasteiger partial charge in [0.15, 0.2) is 5.71 Å². The van der Waals surface area contributed by atoms with Crippen molar-refractivity contribution in [3.05, 3.63) is 35.1 Å². The first kappa shape index (κ1) is 13.1. The van der Waals surface area contributed by atoms with E-state index < -0.39 is 18.3 Å². The van der Waals surface area contributed by atoms with E-state index in [2.05, 4.69) is 15.3 Å². The molecule has 0 unspecified atom stereocenters. The van der Waals surface area contributed by atoms with E-state index in [-0.39, 0.29) is 16.8 Å². The zero-order valence-corrected chi connectivity index (χ0v) is 9.53. The molecule has 0 bridgehead atoms. The van der Waals surface area contributed by atoms with Crippen molar-refractivity contribution in [2.45, 2.75) is 6.61 Å². The summed E-state index contributed by atoms with van der Waals surface area (Å²) in [7, 11) is 2.70. The van der Waals surface area contributed by atoms with Gasteiger partial charge in [-0.15, -0.1) is 0 Å². The summed E-state index contributed by atoms with van der Waals surface area (Å²) in [5.74, 6) is -1.12. The Morgan fingerprint density at radius 3 is 2.82 bits per heavy atom. The highest BCUT2D eigenvalue weighted by Gasteiger charge is 2.19. The van der Waals surface area contributed by atoms with Crippen molar-refractivity contribution in [1.82, 2.24) is 5.32 Å². The van der Waals surface area contributed by atoms with Crippen molar-refractivity contribution < 1.29 is 19.1 Å². The van der Waals surface area contributed by atoms with Crippen LogP contribution in [0.25, 0.3) is 0 Å². The number of oxime groups is 1. The first-order chi connectivity index (χ1) is 8.15. The average Bonchev–Trinajstić information content (AvgIpc) is 2.34. The zero-order valence-electron chi connectivity index (χ0n) is 9.53. The van der Waals surface area contributed by atoms with Crippen LogP contribution >= 0.6 is 0 Å². The van der Waals surface area contributed by atoms with Gasteiger partial charge in [-0.3, -0.25) is 4.79 Å². The highest BCUT2D eigenvalue weighted by Crippen LogP contribution is 2.15. The molecule has 0 saturated carbocycles. The van der Waals surface area contributed by atoms with Crippen LogP contribution in [0.5, 0.6) is 0 Å². The molecule has 0 fully saturated rings. The van der Waals surface area contributed by atoms with E-state index in [1.807, 2.05) is 0 Å². The summed E-state index contributed by atoms with van der Waals surface area (Å²) in [6, 6.07) is 4.11. The molecule has 1 aromatic carbocycles. The summed E-state index contributed by atoms with van der Waals surface area (Å²) in [6.07, 6.45) is 0. The quantitative estimate of drug-likeness (QED) is 0.591. The van der Waals surface area contributed by atoms with E-state index in [9.17, 15) is 9.18 Å². The molecule has 1 amide bonds. The van der Waals surface area contributed by atoms with Crippen LogP contribution in [0.2, 0.25) is 0 Å². The maximum Gasteiger partial charge on any atom is 0.273 e. The highest BCUT2D eigenvalue weighted by atomic mass is 19.1. The molecule has 0 aliphatic carbocycles. The molecule has 1 aromatic rings. The number of amides is 1. The lowest BCUT2D eigenvalue weighted by Crippen LogP contribution is -2.29. The lowest BCUT2D eigenvalue weighted by atomic mass is 10.0. The molecule has 17 heavy (non-hydrogen) atoms. The fraction of sp³-hybridized carbons (Fsp3) is 0.273. The van der Waals surface area contributed by atoms with Crippen molar-refractivity contribution in [1.29, 1.82) is 0 Å². The van der Waals surface area contributed by atoms with Crippen molar-refractivity contribution in [2.24, 2.45) is 5.16 Å². The minimum Gasteiger partial charge on any atom is -0.398 e. The maximum atomic E-state index is 13.4. The third-order valence-corrected chi connectivity index (χ3v) is 2.16. The van der Waals surface area contributed by atoms with Crippen molar-refractivity contribution in [3.8, 4) is 0 Å². The van der Waals surface area contributed by atoms with Crippen molar-refractivity contribution in [3.63, 3.8) is 0 Å². The largest absolute Gasteiger partial charge is 0.398 e. The number of rotatable bonds is 4. The molecular formula is C11H13FN2O3. The Labute approximate surface area is 97.9 Å². The summed E-state index contributed by atoms with van der Waals surface area (Å²) in [4.78, 5) is 16.1. The van der Waals surface area contributed by atoms with Crippen LogP contribution < -0.4 is 5.32 Å². The van der Waals surface area contributed by atoms with Crippen LogP contribution in [0.3, 0.4) is 0 Å². The molecule has 0 aliphatic heterocycles. The van der Waals surface area contributed by atoms with Crippen LogP contribution in [0.1, 0.15) is 11.1 Å². The molecule has 0 atom stereocenters. The molecule has 5 nitrogen and oxygen atoms in total. The Hall–Kier alpha value is -1.95. The van der Waals surface area contributed by atoms with Gasteiger partial charge in [-0.05, 0) is 6.07 Å². The number of halogens is 1. The second-order valence-electron chi connectivity index (χ2n) is 3.13. The molecule has 0 aromatic heterocycles. The molecular weight excluding hydrogens is 227 g/mol. The van der Waals surface area contributed by atoms with E-state index in [0.29, 0.717) is 0 Å². The van der Waals surface area contributed by atoms with Crippen LogP contribution in [0.15, 0.2) is 23.4 Å². The number of carbonyl (C=O) groups excluding carboxylic acids is 1.